The number of aromatic hydroxyl groups is 1. The number of hydrogen-bond donors (Lipinski definition) is 2. The summed E-state index contributed by atoms with van der Waals surface area (Å²) in [5.41, 5.74) is -0.101. The molecule has 1 aromatic rings. The fourth-order valence-electron chi connectivity index (χ4n) is 1.10. The molecule has 4 nitrogen and oxygen atoms in total. The van der Waals surface area contributed by atoms with Crippen molar-refractivity contribution in [3.05, 3.63) is 17.9 Å². The van der Waals surface area contributed by atoms with Crippen molar-refractivity contribution >= 4 is 11.6 Å². The number of fused-ring (bicyclic) bond motifs is 1. The first-order valence-electron chi connectivity index (χ1n) is 3.62. The van der Waals surface area contributed by atoms with Crippen LogP contribution >= 0.6 is 0 Å². The molecule has 2 rings (SSSR count). The van der Waals surface area contributed by atoms with Crippen LogP contribution in [0.3, 0.4) is 0 Å². The Labute approximate surface area is 72.9 Å². The molecule has 0 radical (unpaired) electrons. The first-order valence-corrected chi connectivity index (χ1v) is 3.62. The number of ether oxygens (including phenoxy) is 1. The molecule has 0 saturated carbocycles. The molecule has 0 aromatic heterocycles. The number of carbonyl (C=O) groups is 1. The van der Waals surface area contributed by atoms with Gasteiger partial charge in [0.2, 0.25) is 0 Å². The van der Waals surface area contributed by atoms with E-state index < -0.39 is 17.5 Å². The SMILES string of the molecule is O=C1COc2ccc(O)c(F)c2N1. The highest BCUT2D eigenvalue weighted by Crippen LogP contribution is 2.34. The zero-order valence-electron chi connectivity index (χ0n) is 6.50. The van der Waals surface area contributed by atoms with E-state index in [0.29, 0.717) is 0 Å². The highest BCUT2D eigenvalue weighted by molar-refractivity contribution is 5.95. The molecule has 1 amide bonds. The van der Waals surface area contributed by atoms with Crippen LogP contribution in [0.1, 0.15) is 0 Å². The molecule has 1 aromatic carbocycles. The molecular formula is C8H6FNO3. The van der Waals surface area contributed by atoms with Gasteiger partial charge in [-0.2, -0.15) is 0 Å². The van der Waals surface area contributed by atoms with Crippen LogP contribution in [0.5, 0.6) is 11.5 Å². The number of rotatable bonds is 0. The van der Waals surface area contributed by atoms with Crippen LogP contribution < -0.4 is 10.1 Å². The highest BCUT2D eigenvalue weighted by atomic mass is 19.1. The highest BCUT2D eigenvalue weighted by Gasteiger charge is 2.21. The number of halogens is 1. The van der Waals surface area contributed by atoms with E-state index in [0.717, 1.165) is 0 Å². The van der Waals surface area contributed by atoms with Crippen LogP contribution in [-0.4, -0.2) is 17.6 Å². The number of anilines is 1. The predicted octanol–water partition coefficient (Wildman–Crippen LogP) is 0.862. The van der Waals surface area contributed by atoms with Gasteiger partial charge in [0, 0.05) is 0 Å². The van der Waals surface area contributed by atoms with Crippen molar-refractivity contribution in [1.29, 1.82) is 0 Å². The Morgan fingerprint density at radius 1 is 1.54 bits per heavy atom. The molecule has 2 N–H and O–H groups in total. The Morgan fingerprint density at radius 3 is 3.08 bits per heavy atom. The van der Waals surface area contributed by atoms with Crippen LogP contribution in [0, 0.1) is 5.82 Å². The smallest absolute Gasteiger partial charge is 0.262 e. The van der Waals surface area contributed by atoms with Gasteiger partial charge in [-0.15, -0.1) is 0 Å². The number of nitrogens with one attached hydrogen (secondary N) is 1. The zero-order chi connectivity index (χ0) is 9.42. The number of hydrogen-bond acceptors (Lipinski definition) is 3. The van der Waals surface area contributed by atoms with E-state index in [-0.39, 0.29) is 18.0 Å². The van der Waals surface area contributed by atoms with Crippen LogP contribution in [0.4, 0.5) is 10.1 Å². The van der Waals surface area contributed by atoms with Crippen molar-refractivity contribution in [3.63, 3.8) is 0 Å². The molecule has 0 aliphatic carbocycles. The van der Waals surface area contributed by atoms with Gasteiger partial charge in [-0.05, 0) is 12.1 Å². The number of phenolic OH excluding ortho intramolecular Hbond substituents is 1. The van der Waals surface area contributed by atoms with Gasteiger partial charge in [-0.1, -0.05) is 0 Å². The zero-order valence-corrected chi connectivity index (χ0v) is 6.50. The van der Waals surface area contributed by atoms with E-state index in [1.165, 1.54) is 12.1 Å². The van der Waals surface area contributed by atoms with Crippen molar-refractivity contribution in [2.45, 2.75) is 0 Å². The van der Waals surface area contributed by atoms with Gasteiger partial charge in [0.15, 0.2) is 18.2 Å². The Balaban J connectivity index is 2.54. The largest absolute Gasteiger partial charge is 0.505 e. The van der Waals surface area contributed by atoms with Gasteiger partial charge in [-0.25, -0.2) is 4.39 Å². The third kappa shape index (κ3) is 1.18. The van der Waals surface area contributed by atoms with E-state index in [2.05, 4.69) is 5.32 Å². The molecule has 68 valence electrons. The summed E-state index contributed by atoms with van der Waals surface area (Å²) in [5, 5.41) is 11.2. The summed E-state index contributed by atoms with van der Waals surface area (Å²) in [4.78, 5) is 10.8. The minimum Gasteiger partial charge on any atom is -0.505 e. The molecule has 0 unspecified atom stereocenters. The molecule has 0 saturated heterocycles. The summed E-state index contributed by atoms with van der Waals surface area (Å²) in [6.45, 7) is -0.128. The average molecular weight is 183 g/mol. The second-order valence-corrected chi connectivity index (χ2v) is 2.61. The van der Waals surface area contributed by atoms with Gasteiger partial charge < -0.3 is 15.2 Å². The summed E-state index contributed by atoms with van der Waals surface area (Å²) in [5.74, 6) is -1.58. The maximum Gasteiger partial charge on any atom is 0.262 e. The van der Waals surface area contributed by atoms with Gasteiger partial charge in [-0.3, -0.25) is 4.79 Å². The number of carbonyl (C=O) groups excluding carboxylic acids is 1. The second-order valence-electron chi connectivity index (χ2n) is 2.61. The summed E-state index contributed by atoms with van der Waals surface area (Å²) in [6.07, 6.45) is 0. The van der Waals surface area contributed by atoms with Crippen LogP contribution in [0.25, 0.3) is 0 Å². The fourth-order valence-corrected chi connectivity index (χ4v) is 1.10. The Kier molecular flexibility index (Phi) is 1.58. The van der Waals surface area contributed by atoms with E-state index in [1.54, 1.807) is 0 Å². The maximum absolute atomic E-state index is 13.1. The van der Waals surface area contributed by atoms with Gasteiger partial charge in [0.1, 0.15) is 11.4 Å². The molecule has 1 aliphatic rings. The lowest BCUT2D eigenvalue weighted by molar-refractivity contribution is -0.118. The summed E-state index contributed by atoms with van der Waals surface area (Å²) < 4.78 is 18.0. The van der Waals surface area contributed by atoms with E-state index in [1.807, 2.05) is 0 Å². The lowest BCUT2D eigenvalue weighted by Crippen LogP contribution is -2.26. The minimum atomic E-state index is -0.870. The van der Waals surface area contributed by atoms with Crippen molar-refractivity contribution in [3.8, 4) is 11.5 Å². The quantitative estimate of drug-likeness (QED) is 0.627. The Hall–Kier alpha value is -1.78. The third-order valence-corrected chi connectivity index (χ3v) is 1.71. The molecule has 1 aliphatic heterocycles. The average Bonchev–Trinajstić information content (AvgIpc) is 2.12. The predicted molar refractivity (Wildman–Crippen MR) is 42.2 cm³/mol. The van der Waals surface area contributed by atoms with Crippen molar-refractivity contribution < 1.29 is 19.0 Å². The Bertz CT molecular complexity index is 378. The van der Waals surface area contributed by atoms with Gasteiger partial charge in [0.25, 0.3) is 5.91 Å². The lowest BCUT2D eigenvalue weighted by Gasteiger charge is -2.18. The number of benzene rings is 1. The summed E-state index contributed by atoms with van der Waals surface area (Å²) in [6, 6.07) is 2.57. The molecule has 13 heavy (non-hydrogen) atoms. The number of amides is 1. The number of phenols is 1. The first-order chi connectivity index (χ1) is 6.18. The van der Waals surface area contributed by atoms with Gasteiger partial charge >= 0.3 is 0 Å². The second kappa shape index (κ2) is 2.62. The standard InChI is InChI=1S/C8H6FNO3/c9-7-4(11)1-2-5-8(7)10-6(12)3-13-5/h1-2,11H,3H2,(H,10,12). The van der Waals surface area contributed by atoms with Crippen molar-refractivity contribution in [2.24, 2.45) is 0 Å². The monoisotopic (exact) mass is 183 g/mol. The van der Waals surface area contributed by atoms with E-state index in [9.17, 15) is 9.18 Å². The van der Waals surface area contributed by atoms with Crippen LogP contribution in [0.2, 0.25) is 0 Å². The molecule has 0 atom stereocenters. The molecule has 0 bridgehead atoms. The van der Waals surface area contributed by atoms with Crippen molar-refractivity contribution in [1.82, 2.24) is 0 Å². The minimum absolute atomic E-state index is 0.101. The summed E-state index contributed by atoms with van der Waals surface area (Å²) >= 11 is 0. The van der Waals surface area contributed by atoms with E-state index in [4.69, 9.17) is 9.84 Å². The molecule has 5 heteroatoms. The Morgan fingerprint density at radius 2 is 2.31 bits per heavy atom. The van der Waals surface area contributed by atoms with Crippen LogP contribution in [0.15, 0.2) is 12.1 Å². The van der Waals surface area contributed by atoms with Crippen molar-refractivity contribution in [2.75, 3.05) is 11.9 Å². The van der Waals surface area contributed by atoms with Gasteiger partial charge in [0.05, 0.1) is 0 Å². The fraction of sp³-hybridized carbons (Fsp3) is 0.125. The normalized spacial score (nSPS) is 14.4. The molecule has 1 heterocycles. The maximum atomic E-state index is 13.1. The topological polar surface area (TPSA) is 58.6 Å². The lowest BCUT2D eigenvalue weighted by atomic mass is 10.2. The molecule has 0 fully saturated rings. The van der Waals surface area contributed by atoms with Crippen LogP contribution in [-0.2, 0) is 4.79 Å². The summed E-state index contributed by atoms with van der Waals surface area (Å²) in [7, 11) is 0. The molecular weight excluding hydrogens is 177 g/mol. The third-order valence-electron chi connectivity index (χ3n) is 1.71. The van der Waals surface area contributed by atoms with E-state index >= 15 is 0 Å². The first kappa shape index (κ1) is 7.85. The molecule has 0 spiro atoms.